The van der Waals surface area contributed by atoms with Crippen LogP contribution in [0.1, 0.15) is 34.3 Å². The number of hydrogen-bond acceptors (Lipinski definition) is 6. The molecule has 1 amide bonds. The van der Waals surface area contributed by atoms with Crippen molar-refractivity contribution in [1.82, 2.24) is 4.90 Å². The lowest BCUT2D eigenvalue weighted by Crippen LogP contribution is -2.38. The zero-order valence-corrected chi connectivity index (χ0v) is 21.9. The summed E-state index contributed by atoms with van der Waals surface area (Å²) in [5.74, 6) is 1.06. The van der Waals surface area contributed by atoms with Crippen LogP contribution in [-0.4, -0.2) is 56.5 Å². The van der Waals surface area contributed by atoms with E-state index in [1.807, 2.05) is 24.3 Å². The fourth-order valence-corrected chi connectivity index (χ4v) is 5.39. The Morgan fingerprint density at radius 2 is 1.87 bits per heavy atom. The molecule has 1 fully saturated rings. The van der Waals surface area contributed by atoms with Crippen LogP contribution in [0.3, 0.4) is 0 Å². The van der Waals surface area contributed by atoms with Crippen molar-refractivity contribution in [2.45, 2.75) is 32.0 Å². The molecule has 1 N–H and O–H groups in total. The third-order valence-corrected chi connectivity index (χ3v) is 7.55. The molecule has 7 nitrogen and oxygen atoms in total. The first-order chi connectivity index (χ1) is 18.6. The van der Waals surface area contributed by atoms with E-state index in [2.05, 4.69) is 59.4 Å². The Balaban J connectivity index is 1.27. The van der Waals surface area contributed by atoms with Crippen molar-refractivity contribution in [2.75, 3.05) is 43.6 Å². The van der Waals surface area contributed by atoms with E-state index in [9.17, 15) is 4.79 Å². The van der Waals surface area contributed by atoms with Crippen LogP contribution in [0, 0.1) is 6.92 Å². The Hall–Kier alpha value is -3.81. The second-order valence-corrected chi connectivity index (χ2v) is 10.1. The predicted octanol–water partition coefficient (Wildman–Crippen LogP) is 5.62. The number of likely N-dealkylation sites (N-methyl/N-ethyl adjacent to an activating group) is 1. The summed E-state index contributed by atoms with van der Waals surface area (Å²) in [7, 11) is 2.17. The fourth-order valence-electron chi connectivity index (χ4n) is 5.39. The summed E-state index contributed by atoms with van der Waals surface area (Å²) >= 11 is 0. The average Bonchev–Trinajstić information content (AvgIpc) is 3.36. The smallest absolute Gasteiger partial charge is 0.255 e. The van der Waals surface area contributed by atoms with Gasteiger partial charge in [-0.3, -0.25) is 4.79 Å². The van der Waals surface area contributed by atoms with Gasteiger partial charge in [-0.15, -0.1) is 0 Å². The van der Waals surface area contributed by atoms with Gasteiger partial charge in [-0.1, -0.05) is 30.3 Å². The summed E-state index contributed by atoms with van der Waals surface area (Å²) in [4.78, 5) is 17.8. The number of nitrogens with one attached hydrogen (secondary N) is 1. The monoisotopic (exact) mass is 511 g/mol. The van der Waals surface area contributed by atoms with Crippen LogP contribution in [0.2, 0.25) is 0 Å². The predicted molar refractivity (Wildman–Crippen MR) is 150 cm³/mol. The number of para-hydroxylation sites is 1. The molecule has 3 aromatic rings. The van der Waals surface area contributed by atoms with Gasteiger partial charge in [0.1, 0.15) is 13.2 Å². The van der Waals surface area contributed by atoms with Gasteiger partial charge in [-0.25, -0.2) is 0 Å². The summed E-state index contributed by atoms with van der Waals surface area (Å²) in [6.07, 6.45) is 6.38. The van der Waals surface area contributed by atoms with E-state index in [0.29, 0.717) is 48.6 Å². The number of carbonyl (C=O) groups is 1. The second kappa shape index (κ2) is 10.5. The third kappa shape index (κ3) is 4.87. The van der Waals surface area contributed by atoms with E-state index in [1.165, 1.54) is 6.42 Å². The largest absolute Gasteiger partial charge is 0.486 e. The summed E-state index contributed by atoms with van der Waals surface area (Å²) in [6.45, 7) is 4.87. The molecule has 2 atom stereocenters. The number of anilines is 3. The molecule has 1 unspecified atom stereocenters. The highest BCUT2D eigenvalue weighted by molar-refractivity contribution is 6.05. The SMILES string of the molecule is Cc1ccc(NC(=O)c2ccc3c(c2)OCCO3)cc1N1c2ccccc2C=C[C@@H]1OCC1CCCN1C. The standard InChI is InChI=1S/C31H33N3O4/c1-21-9-12-24(32-31(35)23-10-13-28-29(18-23)37-17-16-36-28)19-27(21)34-26-8-4-3-6-22(26)11-14-30(34)38-20-25-7-5-15-33(25)2/h3-4,6,8-14,18-19,25,30H,5,7,15-17,20H2,1-2H3,(H,32,35)/t25?,30-/m0/s1. The topological polar surface area (TPSA) is 63.3 Å². The Morgan fingerprint density at radius 1 is 1.03 bits per heavy atom. The number of benzene rings is 3. The minimum atomic E-state index is -0.249. The Morgan fingerprint density at radius 3 is 2.71 bits per heavy atom. The quantitative estimate of drug-likeness (QED) is 0.464. The number of fused-ring (bicyclic) bond motifs is 2. The normalized spacial score (nSPS) is 20.3. The fraction of sp³-hybridized carbons (Fsp3) is 0.323. The van der Waals surface area contributed by atoms with Crippen molar-refractivity contribution in [3.8, 4) is 11.5 Å². The molecule has 3 aliphatic rings. The molecule has 0 aromatic heterocycles. The van der Waals surface area contributed by atoms with Crippen LogP contribution >= 0.6 is 0 Å². The van der Waals surface area contributed by atoms with Gasteiger partial charge in [0, 0.05) is 23.0 Å². The number of amides is 1. The average molecular weight is 512 g/mol. The molecule has 0 radical (unpaired) electrons. The van der Waals surface area contributed by atoms with Crippen LogP contribution in [0.4, 0.5) is 17.1 Å². The van der Waals surface area contributed by atoms with Crippen molar-refractivity contribution < 1.29 is 19.0 Å². The van der Waals surface area contributed by atoms with Gasteiger partial charge >= 0.3 is 0 Å². The molecule has 3 aromatic carbocycles. The maximum absolute atomic E-state index is 13.2. The lowest BCUT2D eigenvalue weighted by atomic mass is 10.0. The van der Waals surface area contributed by atoms with Crippen molar-refractivity contribution in [3.05, 3.63) is 83.4 Å². The summed E-state index contributed by atoms with van der Waals surface area (Å²) in [5, 5.41) is 3.07. The minimum Gasteiger partial charge on any atom is -0.486 e. The summed E-state index contributed by atoms with van der Waals surface area (Å²) < 4.78 is 17.8. The van der Waals surface area contributed by atoms with E-state index in [4.69, 9.17) is 14.2 Å². The van der Waals surface area contributed by atoms with Gasteiger partial charge < -0.3 is 29.3 Å². The molecule has 196 valence electrons. The Kier molecular flexibility index (Phi) is 6.79. The van der Waals surface area contributed by atoms with E-state index in [-0.39, 0.29) is 12.1 Å². The number of ether oxygens (including phenoxy) is 3. The van der Waals surface area contributed by atoms with Crippen molar-refractivity contribution >= 4 is 29.0 Å². The van der Waals surface area contributed by atoms with Crippen LogP contribution in [0.25, 0.3) is 6.08 Å². The number of carbonyl (C=O) groups excluding carboxylic acids is 1. The van der Waals surface area contributed by atoms with Gasteiger partial charge in [-0.2, -0.15) is 0 Å². The molecule has 7 heteroatoms. The number of hydrogen-bond donors (Lipinski definition) is 1. The van der Waals surface area contributed by atoms with Crippen LogP contribution in [0.15, 0.2) is 66.7 Å². The van der Waals surface area contributed by atoms with Crippen molar-refractivity contribution in [1.29, 1.82) is 0 Å². The lowest BCUT2D eigenvalue weighted by Gasteiger charge is -2.37. The number of likely N-dealkylation sites (tertiary alicyclic amines) is 1. The number of rotatable bonds is 6. The molecular weight excluding hydrogens is 478 g/mol. The maximum Gasteiger partial charge on any atom is 0.255 e. The molecule has 0 saturated carbocycles. The lowest BCUT2D eigenvalue weighted by molar-refractivity contribution is 0.0515. The van der Waals surface area contributed by atoms with Crippen LogP contribution in [0.5, 0.6) is 11.5 Å². The van der Waals surface area contributed by atoms with Gasteiger partial charge in [-0.05, 0) is 87.0 Å². The van der Waals surface area contributed by atoms with Gasteiger partial charge in [0.25, 0.3) is 5.91 Å². The molecule has 3 heterocycles. The minimum absolute atomic E-state index is 0.201. The Bertz CT molecular complexity index is 1370. The molecule has 6 rings (SSSR count). The maximum atomic E-state index is 13.2. The van der Waals surface area contributed by atoms with E-state index in [1.54, 1.807) is 18.2 Å². The molecule has 0 aliphatic carbocycles. The van der Waals surface area contributed by atoms with E-state index in [0.717, 1.165) is 35.5 Å². The van der Waals surface area contributed by atoms with Crippen LogP contribution in [-0.2, 0) is 4.74 Å². The first kappa shape index (κ1) is 24.5. The second-order valence-electron chi connectivity index (χ2n) is 10.1. The highest BCUT2D eigenvalue weighted by Crippen LogP contribution is 2.39. The zero-order chi connectivity index (χ0) is 26.1. The zero-order valence-electron chi connectivity index (χ0n) is 21.9. The highest BCUT2D eigenvalue weighted by atomic mass is 16.6. The molecular formula is C31H33N3O4. The van der Waals surface area contributed by atoms with Crippen molar-refractivity contribution in [3.63, 3.8) is 0 Å². The van der Waals surface area contributed by atoms with Crippen molar-refractivity contribution in [2.24, 2.45) is 0 Å². The molecule has 0 bridgehead atoms. The number of nitrogens with zero attached hydrogens (tertiary/aromatic N) is 2. The van der Waals surface area contributed by atoms with E-state index >= 15 is 0 Å². The third-order valence-electron chi connectivity index (χ3n) is 7.55. The van der Waals surface area contributed by atoms with Crippen LogP contribution < -0.4 is 19.7 Å². The summed E-state index contributed by atoms with van der Waals surface area (Å²) in [6, 6.07) is 20.0. The van der Waals surface area contributed by atoms with Gasteiger partial charge in [0.2, 0.25) is 0 Å². The summed E-state index contributed by atoms with van der Waals surface area (Å²) in [5.41, 5.74) is 5.54. The highest BCUT2D eigenvalue weighted by Gasteiger charge is 2.29. The number of aryl methyl sites for hydroxylation is 1. The first-order valence-electron chi connectivity index (χ1n) is 13.3. The molecule has 3 aliphatic heterocycles. The Labute approximate surface area is 223 Å². The van der Waals surface area contributed by atoms with Gasteiger partial charge in [0.15, 0.2) is 17.7 Å². The first-order valence-corrected chi connectivity index (χ1v) is 13.3. The molecule has 38 heavy (non-hydrogen) atoms. The molecule has 1 saturated heterocycles. The molecule has 0 spiro atoms. The van der Waals surface area contributed by atoms with Gasteiger partial charge in [0.05, 0.1) is 12.3 Å². The van der Waals surface area contributed by atoms with E-state index < -0.39 is 0 Å².